The van der Waals surface area contributed by atoms with Crippen molar-refractivity contribution in [1.29, 1.82) is 0 Å². The predicted molar refractivity (Wildman–Crippen MR) is 65.6 cm³/mol. The number of carbonyl (C=O) groups excluding carboxylic acids is 1. The monoisotopic (exact) mass is 273 g/mol. The van der Waals surface area contributed by atoms with E-state index in [4.69, 9.17) is 16.7 Å². The number of halogens is 1. The second kappa shape index (κ2) is 5.06. The van der Waals surface area contributed by atoms with Crippen molar-refractivity contribution in [3.05, 3.63) is 21.3 Å². The molecular weight excluding hydrogens is 262 g/mol. The van der Waals surface area contributed by atoms with Crippen LogP contribution in [0, 0.1) is 5.92 Å². The molecule has 1 N–H and O–H groups in total. The minimum Gasteiger partial charge on any atom is -0.481 e. The van der Waals surface area contributed by atoms with E-state index in [0.717, 1.165) is 6.42 Å². The first-order chi connectivity index (χ1) is 8.08. The lowest BCUT2D eigenvalue weighted by Crippen LogP contribution is -2.42. The van der Waals surface area contributed by atoms with E-state index < -0.39 is 11.9 Å². The Bertz CT molecular complexity index is 446. The molecule has 1 fully saturated rings. The van der Waals surface area contributed by atoms with Gasteiger partial charge in [-0.25, -0.2) is 0 Å². The smallest absolute Gasteiger partial charge is 0.308 e. The Morgan fingerprint density at radius 3 is 2.82 bits per heavy atom. The van der Waals surface area contributed by atoms with Crippen molar-refractivity contribution in [3.8, 4) is 0 Å². The molecule has 6 heteroatoms. The van der Waals surface area contributed by atoms with Crippen LogP contribution in [0.1, 0.15) is 22.5 Å². The Kier molecular flexibility index (Phi) is 3.69. The summed E-state index contributed by atoms with van der Waals surface area (Å²) in [4.78, 5) is 25.1. The topological polar surface area (TPSA) is 57.6 Å². The third kappa shape index (κ3) is 2.79. The number of thiophene rings is 1. The van der Waals surface area contributed by atoms with Crippen LogP contribution in [0.15, 0.2) is 12.1 Å². The summed E-state index contributed by atoms with van der Waals surface area (Å²) >= 11 is 7.00. The van der Waals surface area contributed by atoms with Gasteiger partial charge in [-0.05, 0) is 25.0 Å². The molecule has 92 valence electrons. The van der Waals surface area contributed by atoms with E-state index in [1.165, 1.54) is 11.3 Å². The van der Waals surface area contributed by atoms with Crippen LogP contribution in [0.2, 0.25) is 4.34 Å². The van der Waals surface area contributed by atoms with Crippen LogP contribution < -0.4 is 0 Å². The number of carboxylic acid groups (broad SMARTS) is 1. The molecule has 1 aromatic rings. The number of nitrogens with zero attached hydrogens (tertiary/aromatic N) is 1. The average molecular weight is 274 g/mol. The van der Waals surface area contributed by atoms with Gasteiger partial charge in [0, 0.05) is 13.1 Å². The van der Waals surface area contributed by atoms with E-state index in [-0.39, 0.29) is 5.91 Å². The molecular formula is C11H12ClNO3S. The quantitative estimate of drug-likeness (QED) is 0.900. The Morgan fingerprint density at radius 2 is 2.24 bits per heavy atom. The maximum atomic E-state index is 12.1. The largest absolute Gasteiger partial charge is 0.481 e. The van der Waals surface area contributed by atoms with Gasteiger partial charge in [0.05, 0.1) is 15.1 Å². The highest BCUT2D eigenvalue weighted by atomic mass is 35.5. The molecule has 17 heavy (non-hydrogen) atoms. The Morgan fingerprint density at radius 1 is 1.47 bits per heavy atom. The summed E-state index contributed by atoms with van der Waals surface area (Å²) in [6, 6.07) is 3.36. The standard InChI is InChI=1S/C11H12ClNO3S/c12-9-4-3-8(17-9)10(14)13-5-1-2-7(6-13)11(15)16/h3-4,7H,1-2,5-6H2,(H,15,16)/t7-/m0/s1. The predicted octanol–water partition coefficient (Wildman–Crippen LogP) is 2.34. The number of piperidine rings is 1. The maximum absolute atomic E-state index is 12.1. The average Bonchev–Trinajstić information content (AvgIpc) is 2.75. The van der Waals surface area contributed by atoms with Crippen molar-refractivity contribution in [1.82, 2.24) is 4.90 Å². The van der Waals surface area contributed by atoms with Crippen molar-refractivity contribution in [3.63, 3.8) is 0 Å². The third-order valence-corrected chi connectivity index (χ3v) is 4.06. The molecule has 1 amide bonds. The minimum atomic E-state index is -0.827. The molecule has 0 saturated carbocycles. The summed E-state index contributed by atoms with van der Waals surface area (Å²) in [6.45, 7) is 0.918. The van der Waals surface area contributed by atoms with E-state index in [9.17, 15) is 9.59 Å². The highest BCUT2D eigenvalue weighted by molar-refractivity contribution is 7.17. The molecule has 2 heterocycles. The molecule has 0 spiro atoms. The first kappa shape index (κ1) is 12.4. The van der Waals surface area contributed by atoms with Crippen molar-refractivity contribution in [2.24, 2.45) is 5.92 Å². The second-order valence-electron chi connectivity index (χ2n) is 4.03. The zero-order chi connectivity index (χ0) is 12.4. The van der Waals surface area contributed by atoms with E-state index in [1.807, 2.05) is 0 Å². The first-order valence-corrected chi connectivity index (χ1v) is 6.55. The van der Waals surface area contributed by atoms with Gasteiger partial charge in [0.15, 0.2) is 0 Å². The van der Waals surface area contributed by atoms with Gasteiger partial charge in [-0.1, -0.05) is 11.6 Å². The molecule has 0 aromatic carbocycles. The van der Waals surface area contributed by atoms with E-state index >= 15 is 0 Å². The fourth-order valence-corrected chi connectivity index (χ4v) is 2.96. The van der Waals surface area contributed by atoms with Crippen LogP contribution in [0.5, 0.6) is 0 Å². The summed E-state index contributed by atoms with van der Waals surface area (Å²) in [6.07, 6.45) is 1.38. The molecule has 1 aromatic heterocycles. The van der Waals surface area contributed by atoms with Crippen LogP contribution in [0.25, 0.3) is 0 Å². The van der Waals surface area contributed by atoms with Crippen molar-refractivity contribution < 1.29 is 14.7 Å². The van der Waals surface area contributed by atoms with Gasteiger partial charge in [0.2, 0.25) is 0 Å². The Labute approximate surface area is 108 Å². The van der Waals surface area contributed by atoms with Gasteiger partial charge in [-0.3, -0.25) is 9.59 Å². The SMILES string of the molecule is O=C(O)[C@H]1CCCN(C(=O)c2ccc(Cl)s2)C1. The number of carboxylic acids is 1. The minimum absolute atomic E-state index is 0.118. The number of likely N-dealkylation sites (tertiary alicyclic amines) is 1. The summed E-state index contributed by atoms with van der Waals surface area (Å²) in [5.74, 6) is -1.39. The van der Waals surface area contributed by atoms with Crippen LogP contribution in [-0.4, -0.2) is 35.0 Å². The molecule has 0 aliphatic carbocycles. The molecule has 1 aliphatic rings. The zero-order valence-corrected chi connectivity index (χ0v) is 10.6. The number of aliphatic carboxylic acids is 1. The van der Waals surface area contributed by atoms with Crippen molar-refractivity contribution in [2.75, 3.05) is 13.1 Å². The summed E-state index contributed by atoms with van der Waals surface area (Å²) < 4.78 is 0.570. The van der Waals surface area contributed by atoms with Crippen molar-refractivity contribution in [2.45, 2.75) is 12.8 Å². The van der Waals surface area contributed by atoms with Crippen molar-refractivity contribution >= 4 is 34.8 Å². The number of hydrogen-bond donors (Lipinski definition) is 1. The van der Waals surface area contributed by atoms with E-state index in [0.29, 0.717) is 28.7 Å². The van der Waals surface area contributed by atoms with Gasteiger partial charge in [0.1, 0.15) is 0 Å². The lowest BCUT2D eigenvalue weighted by molar-refractivity contribution is -0.143. The molecule has 1 atom stereocenters. The number of carbonyl (C=O) groups is 2. The maximum Gasteiger partial charge on any atom is 0.308 e. The second-order valence-corrected chi connectivity index (χ2v) is 5.75. The molecule has 2 rings (SSSR count). The van der Waals surface area contributed by atoms with Gasteiger partial charge >= 0.3 is 5.97 Å². The van der Waals surface area contributed by atoms with Crippen LogP contribution in [-0.2, 0) is 4.79 Å². The van der Waals surface area contributed by atoms with Gasteiger partial charge in [-0.2, -0.15) is 0 Å². The molecule has 4 nitrogen and oxygen atoms in total. The fraction of sp³-hybridized carbons (Fsp3) is 0.455. The van der Waals surface area contributed by atoms with E-state index in [1.54, 1.807) is 17.0 Å². The molecule has 0 unspecified atom stereocenters. The number of rotatable bonds is 2. The molecule has 1 saturated heterocycles. The van der Waals surface area contributed by atoms with Gasteiger partial charge in [0.25, 0.3) is 5.91 Å². The highest BCUT2D eigenvalue weighted by Gasteiger charge is 2.29. The lowest BCUT2D eigenvalue weighted by Gasteiger charge is -2.30. The first-order valence-electron chi connectivity index (χ1n) is 5.35. The van der Waals surface area contributed by atoms with E-state index in [2.05, 4.69) is 0 Å². The van der Waals surface area contributed by atoms with Gasteiger partial charge < -0.3 is 10.0 Å². The molecule has 0 bridgehead atoms. The lowest BCUT2D eigenvalue weighted by atomic mass is 9.98. The Balaban J connectivity index is 2.07. The fourth-order valence-electron chi connectivity index (χ4n) is 1.95. The summed E-state index contributed by atoms with van der Waals surface area (Å²) in [7, 11) is 0. The third-order valence-electron chi connectivity index (χ3n) is 2.84. The number of hydrogen-bond acceptors (Lipinski definition) is 3. The number of amides is 1. The highest BCUT2D eigenvalue weighted by Crippen LogP contribution is 2.25. The molecule has 1 aliphatic heterocycles. The van der Waals surface area contributed by atoms with Crippen LogP contribution in [0.4, 0.5) is 0 Å². The zero-order valence-electron chi connectivity index (χ0n) is 9.06. The normalized spacial score (nSPS) is 20.3. The Hall–Kier alpha value is -1.07. The van der Waals surface area contributed by atoms with Crippen LogP contribution >= 0.6 is 22.9 Å². The van der Waals surface area contributed by atoms with Gasteiger partial charge in [-0.15, -0.1) is 11.3 Å². The summed E-state index contributed by atoms with van der Waals surface area (Å²) in [5, 5.41) is 8.96. The summed E-state index contributed by atoms with van der Waals surface area (Å²) in [5.41, 5.74) is 0. The van der Waals surface area contributed by atoms with Crippen LogP contribution in [0.3, 0.4) is 0 Å². The molecule has 0 radical (unpaired) electrons.